The van der Waals surface area contributed by atoms with Crippen molar-refractivity contribution in [3.63, 3.8) is 0 Å². The Morgan fingerprint density at radius 2 is 1.82 bits per heavy atom. The summed E-state index contributed by atoms with van der Waals surface area (Å²) in [6.45, 7) is 2.99. The highest BCUT2D eigenvalue weighted by atomic mass is 32.2. The van der Waals surface area contributed by atoms with Gasteiger partial charge in [-0.05, 0) is 42.0 Å². The van der Waals surface area contributed by atoms with Gasteiger partial charge >= 0.3 is 0 Å². The van der Waals surface area contributed by atoms with Crippen LogP contribution in [0.15, 0.2) is 35.7 Å². The zero-order chi connectivity index (χ0) is 25.0. The zero-order valence-corrected chi connectivity index (χ0v) is 22.1. The number of ether oxygens (including phenoxy) is 3. The van der Waals surface area contributed by atoms with Crippen molar-refractivity contribution in [3.8, 4) is 11.5 Å². The first-order valence-corrected chi connectivity index (χ1v) is 13.8. The predicted octanol–water partition coefficient (Wildman–Crippen LogP) is 3.41. The molecule has 0 bridgehead atoms. The third-order valence-electron chi connectivity index (χ3n) is 5.40. The minimum Gasteiger partial charge on any atom is -0.493 e. The van der Waals surface area contributed by atoms with Crippen LogP contribution >= 0.6 is 11.3 Å². The van der Waals surface area contributed by atoms with Gasteiger partial charge in [0.25, 0.3) is 0 Å². The fourth-order valence-corrected chi connectivity index (χ4v) is 5.69. The van der Waals surface area contributed by atoms with E-state index in [4.69, 9.17) is 14.2 Å². The van der Waals surface area contributed by atoms with Gasteiger partial charge in [-0.1, -0.05) is 25.5 Å². The van der Waals surface area contributed by atoms with Gasteiger partial charge in [-0.25, -0.2) is 8.42 Å². The van der Waals surface area contributed by atoms with Crippen LogP contribution in [0.4, 0.5) is 0 Å². The molecule has 0 aliphatic rings. The molecule has 8 nitrogen and oxygen atoms in total. The highest BCUT2D eigenvalue weighted by molar-refractivity contribution is 7.89. The summed E-state index contributed by atoms with van der Waals surface area (Å²) in [5.74, 6) is 1.06. The maximum Gasteiger partial charge on any atom is 0.238 e. The van der Waals surface area contributed by atoms with Crippen LogP contribution in [0.3, 0.4) is 0 Å². The van der Waals surface area contributed by atoms with Crippen LogP contribution in [0.2, 0.25) is 0 Å². The number of amides is 1. The molecule has 0 saturated heterocycles. The Kier molecular flexibility index (Phi) is 11.8. The summed E-state index contributed by atoms with van der Waals surface area (Å²) in [6.07, 6.45) is 1.91. The van der Waals surface area contributed by atoms with Gasteiger partial charge in [0.15, 0.2) is 11.5 Å². The largest absolute Gasteiger partial charge is 0.493 e. The molecule has 10 heteroatoms. The van der Waals surface area contributed by atoms with Crippen molar-refractivity contribution in [2.24, 2.45) is 0 Å². The van der Waals surface area contributed by atoms with Gasteiger partial charge in [0.1, 0.15) is 0 Å². The standard InChI is InChI=1S/C24H36N2O6S2/c1-5-6-16-34(28,29)26(13-14-30-2)19-24(27)25(18-21-8-7-15-33-21)12-11-20-9-10-22(31-3)23(17-20)32-4/h7-10,15,17H,5-6,11-14,16,18-19H2,1-4H3. The zero-order valence-electron chi connectivity index (χ0n) is 20.5. The van der Waals surface area contributed by atoms with E-state index in [-0.39, 0.29) is 31.4 Å². The van der Waals surface area contributed by atoms with Crippen molar-refractivity contribution in [3.05, 3.63) is 46.2 Å². The number of sulfonamides is 1. The Bertz CT molecular complexity index is 979. The van der Waals surface area contributed by atoms with Gasteiger partial charge < -0.3 is 19.1 Å². The van der Waals surface area contributed by atoms with E-state index in [2.05, 4.69) is 0 Å². The van der Waals surface area contributed by atoms with Crippen molar-refractivity contribution in [2.75, 3.05) is 53.3 Å². The second-order valence-electron chi connectivity index (χ2n) is 7.83. The Morgan fingerprint density at radius 1 is 1.06 bits per heavy atom. The number of hydrogen-bond acceptors (Lipinski definition) is 7. The Balaban J connectivity index is 2.18. The van der Waals surface area contributed by atoms with Crippen molar-refractivity contribution in [1.82, 2.24) is 9.21 Å². The van der Waals surface area contributed by atoms with Crippen LogP contribution in [0, 0.1) is 0 Å². The minimum atomic E-state index is -3.55. The summed E-state index contributed by atoms with van der Waals surface area (Å²) >= 11 is 1.57. The molecule has 2 aromatic rings. The number of methoxy groups -OCH3 is 3. The predicted molar refractivity (Wildman–Crippen MR) is 135 cm³/mol. The monoisotopic (exact) mass is 512 g/mol. The lowest BCUT2D eigenvalue weighted by atomic mass is 10.1. The van der Waals surface area contributed by atoms with Gasteiger partial charge in [-0.3, -0.25) is 4.79 Å². The van der Waals surface area contributed by atoms with Crippen LogP contribution in [0.5, 0.6) is 11.5 Å². The summed E-state index contributed by atoms with van der Waals surface area (Å²) in [7, 11) is 1.14. The van der Waals surface area contributed by atoms with E-state index < -0.39 is 10.0 Å². The number of benzene rings is 1. The highest BCUT2D eigenvalue weighted by Gasteiger charge is 2.26. The van der Waals surface area contributed by atoms with Crippen molar-refractivity contribution < 1.29 is 27.4 Å². The molecule has 0 atom stereocenters. The summed E-state index contributed by atoms with van der Waals surface area (Å²) in [4.78, 5) is 16.1. The molecule has 34 heavy (non-hydrogen) atoms. The van der Waals surface area contributed by atoms with Crippen LogP contribution < -0.4 is 9.47 Å². The number of nitrogens with zero attached hydrogens (tertiary/aromatic N) is 2. The Morgan fingerprint density at radius 3 is 2.44 bits per heavy atom. The maximum atomic E-state index is 13.3. The molecule has 0 radical (unpaired) electrons. The van der Waals surface area contributed by atoms with E-state index in [1.807, 2.05) is 42.6 Å². The second-order valence-corrected chi connectivity index (χ2v) is 11.0. The molecule has 1 aromatic heterocycles. The van der Waals surface area contributed by atoms with Crippen LogP contribution in [-0.2, 0) is 32.5 Å². The summed E-state index contributed by atoms with van der Waals surface area (Å²) in [6, 6.07) is 9.59. The van der Waals surface area contributed by atoms with E-state index >= 15 is 0 Å². The van der Waals surface area contributed by atoms with E-state index in [1.165, 1.54) is 11.4 Å². The average molecular weight is 513 g/mol. The van der Waals surface area contributed by atoms with E-state index in [0.717, 1.165) is 16.9 Å². The van der Waals surface area contributed by atoms with Gasteiger partial charge in [-0.15, -0.1) is 11.3 Å². The normalized spacial score (nSPS) is 11.6. The van der Waals surface area contributed by atoms with Gasteiger partial charge in [0, 0.05) is 25.1 Å². The fraction of sp³-hybridized carbons (Fsp3) is 0.542. The molecular weight excluding hydrogens is 476 g/mol. The maximum absolute atomic E-state index is 13.3. The van der Waals surface area contributed by atoms with E-state index in [1.54, 1.807) is 30.5 Å². The van der Waals surface area contributed by atoms with E-state index in [0.29, 0.717) is 37.4 Å². The van der Waals surface area contributed by atoms with Crippen LogP contribution in [-0.4, -0.2) is 76.9 Å². The summed E-state index contributed by atoms with van der Waals surface area (Å²) in [5, 5.41) is 1.96. The number of rotatable bonds is 16. The second kappa shape index (κ2) is 14.3. The molecule has 1 amide bonds. The van der Waals surface area contributed by atoms with E-state index in [9.17, 15) is 13.2 Å². The Labute approximate surface area is 207 Å². The van der Waals surface area contributed by atoms with Gasteiger partial charge in [0.2, 0.25) is 15.9 Å². The molecular formula is C24H36N2O6S2. The first-order chi connectivity index (χ1) is 16.3. The number of unbranched alkanes of at least 4 members (excludes halogenated alkanes) is 1. The molecule has 0 aliphatic carbocycles. The number of hydrogen-bond donors (Lipinski definition) is 0. The molecule has 1 heterocycles. The minimum absolute atomic E-state index is 0.0249. The molecule has 0 aliphatic heterocycles. The fourth-order valence-electron chi connectivity index (χ4n) is 3.40. The van der Waals surface area contributed by atoms with Crippen LogP contribution in [0.1, 0.15) is 30.2 Å². The first kappa shape index (κ1) is 28.1. The van der Waals surface area contributed by atoms with Gasteiger partial charge in [-0.2, -0.15) is 4.31 Å². The molecule has 0 spiro atoms. The molecule has 0 saturated carbocycles. The SMILES string of the molecule is CCCCS(=O)(=O)N(CCOC)CC(=O)N(CCc1ccc(OC)c(OC)c1)Cc1cccs1. The third kappa shape index (κ3) is 8.57. The number of thiophene rings is 1. The van der Waals surface area contributed by atoms with Crippen molar-refractivity contribution in [1.29, 1.82) is 0 Å². The smallest absolute Gasteiger partial charge is 0.238 e. The lowest BCUT2D eigenvalue weighted by Crippen LogP contribution is -2.45. The lowest BCUT2D eigenvalue weighted by molar-refractivity contribution is -0.132. The molecule has 2 rings (SSSR count). The molecule has 0 unspecified atom stereocenters. The summed E-state index contributed by atoms with van der Waals surface area (Å²) in [5.41, 5.74) is 0.994. The lowest BCUT2D eigenvalue weighted by Gasteiger charge is -2.27. The highest BCUT2D eigenvalue weighted by Crippen LogP contribution is 2.28. The van der Waals surface area contributed by atoms with Gasteiger partial charge in [0.05, 0.1) is 39.7 Å². The third-order valence-corrected chi connectivity index (χ3v) is 8.17. The summed E-state index contributed by atoms with van der Waals surface area (Å²) < 4.78 is 42.8. The topological polar surface area (TPSA) is 85.4 Å². The average Bonchev–Trinajstić information content (AvgIpc) is 3.35. The molecule has 190 valence electrons. The van der Waals surface area contributed by atoms with Crippen molar-refractivity contribution in [2.45, 2.75) is 32.7 Å². The first-order valence-electron chi connectivity index (χ1n) is 11.3. The molecule has 0 N–H and O–H groups in total. The quantitative estimate of drug-likeness (QED) is 0.343. The Hall–Kier alpha value is -2.14. The number of carbonyl (C=O) groups excluding carboxylic acids is 1. The van der Waals surface area contributed by atoms with Crippen LogP contribution in [0.25, 0.3) is 0 Å². The molecule has 0 fully saturated rings. The molecule has 1 aromatic carbocycles. The number of carbonyl (C=O) groups is 1. The van der Waals surface area contributed by atoms with Crippen molar-refractivity contribution >= 4 is 27.3 Å².